The molecule has 1 amide bonds. The molecule has 39 heavy (non-hydrogen) atoms. The maximum absolute atomic E-state index is 13.9. The van der Waals surface area contributed by atoms with E-state index in [2.05, 4.69) is 4.90 Å². The summed E-state index contributed by atoms with van der Waals surface area (Å²) in [6, 6.07) is 14.6. The molecule has 0 saturated carbocycles. The Bertz CT molecular complexity index is 1480. The first-order valence-corrected chi connectivity index (χ1v) is 12.7. The van der Waals surface area contributed by atoms with Crippen molar-refractivity contribution in [1.29, 1.82) is 0 Å². The van der Waals surface area contributed by atoms with Crippen LogP contribution in [0.2, 0.25) is 0 Å². The third kappa shape index (κ3) is 4.90. The molecule has 2 aromatic carbocycles. The third-order valence-electron chi connectivity index (χ3n) is 6.91. The summed E-state index contributed by atoms with van der Waals surface area (Å²) in [7, 11) is 3.25. The number of amides is 1. The number of furan rings is 1. The van der Waals surface area contributed by atoms with Crippen LogP contribution in [0.1, 0.15) is 21.7 Å². The highest BCUT2D eigenvalue weighted by atomic mass is 16.7. The second-order valence-corrected chi connectivity index (χ2v) is 9.25. The molecule has 0 aliphatic carbocycles. The van der Waals surface area contributed by atoms with Gasteiger partial charge in [-0.1, -0.05) is 0 Å². The fourth-order valence-electron chi connectivity index (χ4n) is 4.96. The number of morpholine rings is 1. The molecule has 0 bridgehead atoms. The number of anilines is 1. The Morgan fingerprint density at radius 2 is 1.77 bits per heavy atom. The number of carbonyl (C=O) groups is 1. The first kappa shape index (κ1) is 24.9. The van der Waals surface area contributed by atoms with Crippen LogP contribution in [0.25, 0.3) is 10.9 Å². The predicted molar refractivity (Wildman–Crippen MR) is 143 cm³/mol. The van der Waals surface area contributed by atoms with Crippen molar-refractivity contribution in [3.63, 3.8) is 0 Å². The summed E-state index contributed by atoms with van der Waals surface area (Å²) in [5.41, 5.74) is 2.06. The van der Waals surface area contributed by atoms with E-state index < -0.39 is 0 Å². The summed E-state index contributed by atoms with van der Waals surface area (Å²) in [5.74, 6) is 3.78. The van der Waals surface area contributed by atoms with Gasteiger partial charge in [-0.3, -0.25) is 4.79 Å². The van der Waals surface area contributed by atoms with Crippen molar-refractivity contribution < 1.29 is 32.9 Å². The number of benzene rings is 2. The van der Waals surface area contributed by atoms with Crippen LogP contribution in [0.5, 0.6) is 23.0 Å². The fraction of sp³-hybridized carbons (Fsp3) is 0.310. The number of carbonyl (C=O) groups excluding carboxylic acids is 1. The number of ether oxygens (including phenoxy) is 5. The lowest BCUT2D eigenvalue weighted by Crippen LogP contribution is -2.38. The first-order chi connectivity index (χ1) is 19.1. The van der Waals surface area contributed by atoms with Gasteiger partial charge in [0.1, 0.15) is 28.6 Å². The van der Waals surface area contributed by atoms with Gasteiger partial charge >= 0.3 is 0 Å². The van der Waals surface area contributed by atoms with Gasteiger partial charge in [0.2, 0.25) is 6.79 Å². The Morgan fingerprint density at radius 1 is 0.974 bits per heavy atom. The molecule has 1 fully saturated rings. The molecular formula is C29H29N3O7. The SMILES string of the molecule is COc1ccc(OC)c2nc(N3CCOCC3)c(CN(Cc3ccco3)C(=O)c3ccc4c(c3)OCO4)cc12. The number of hydrogen-bond donors (Lipinski definition) is 0. The number of hydrogen-bond acceptors (Lipinski definition) is 9. The van der Waals surface area contributed by atoms with Gasteiger partial charge in [0, 0.05) is 29.6 Å². The molecule has 0 spiro atoms. The zero-order valence-electron chi connectivity index (χ0n) is 21.8. The average Bonchev–Trinajstić information content (AvgIpc) is 3.68. The van der Waals surface area contributed by atoms with Gasteiger partial charge in [0.25, 0.3) is 5.91 Å². The number of rotatable bonds is 8. The molecule has 10 nitrogen and oxygen atoms in total. The topological polar surface area (TPSA) is 95.7 Å². The molecule has 202 valence electrons. The molecule has 0 atom stereocenters. The van der Waals surface area contributed by atoms with Crippen LogP contribution in [0, 0.1) is 0 Å². The van der Waals surface area contributed by atoms with E-state index in [1.807, 2.05) is 30.3 Å². The standard InChI is InChI=1S/C29H29N3O7/c1-34-23-7-8-25(35-2)27-22(23)14-20(28(30-27)31-9-12-36-13-10-31)16-32(17-21-4-3-11-37-21)29(33)19-5-6-24-26(15-19)39-18-38-24/h3-8,11,14-15H,9-10,12-13,16-18H2,1-2H3. The van der Waals surface area contributed by atoms with Crippen molar-refractivity contribution in [2.45, 2.75) is 13.1 Å². The second kappa shape index (κ2) is 10.7. The van der Waals surface area contributed by atoms with Crippen molar-refractivity contribution in [3.8, 4) is 23.0 Å². The fourth-order valence-corrected chi connectivity index (χ4v) is 4.96. The minimum Gasteiger partial charge on any atom is -0.496 e. The smallest absolute Gasteiger partial charge is 0.254 e. The Labute approximate surface area is 225 Å². The molecule has 4 heterocycles. The summed E-state index contributed by atoms with van der Waals surface area (Å²) in [4.78, 5) is 22.9. The largest absolute Gasteiger partial charge is 0.496 e. The number of aromatic nitrogens is 1. The Morgan fingerprint density at radius 3 is 2.54 bits per heavy atom. The predicted octanol–water partition coefficient (Wildman–Crippen LogP) is 4.25. The maximum atomic E-state index is 13.9. The van der Waals surface area contributed by atoms with Gasteiger partial charge in [-0.2, -0.15) is 0 Å². The molecule has 2 aromatic heterocycles. The minimum atomic E-state index is -0.171. The van der Waals surface area contributed by atoms with Crippen LogP contribution < -0.4 is 23.8 Å². The molecule has 4 aromatic rings. The van der Waals surface area contributed by atoms with E-state index in [0.717, 1.165) is 16.8 Å². The monoisotopic (exact) mass is 531 g/mol. The van der Waals surface area contributed by atoms with Crippen molar-refractivity contribution in [2.75, 3.05) is 52.2 Å². The molecule has 2 aliphatic rings. The highest BCUT2D eigenvalue weighted by Crippen LogP contribution is 2.37. The molecule has 0 N–H and O–H groups in total. The van der Waals surface area contributed by atoms with Crippen LogP contribution >= 0.6 is 0 Å². The molecule has 2 aliphatic heterocycles. The zero-order valence-corrected chi connectivity index (χ0v) is 21.8. The Kier molecular flexibility index (Phi) is 6.85. The van der Waals surface area contributed by atoms with Gasteiger partial charge in [-0.25, -0.2) is 4.98 Å². The first-order valence-electron chi connectivity index (χ1n) is 12.7. The second-order valence-electron chi connectivity index (χ2n) is 9.25. The molecule has 0 radical (unpaired) electrons. The van der Waals surface area contributed by atoms with Gasteiger partial charge in [0.15, 0.2) is 11.5 Å². The number of fused-ring (bicyclic) bond motifs is 2. The summed E-state index contributed by atoms with van der Waals surface area (Å²) in [6.45, 7) is 3.26. The minimum absolute atomic E-state index is 0.139. The number of methoxy groups -OCH3 is 2. The molecule has 0 unspecified atom stereocenters. The average molecular weight is 532 g/mol. The van der Waals surface area contributed by atoms with Gasteiger partial charge < -0.3 is 37.9 Å². The lowest BCUT2D eigenvalue weighted by atomic mass is 10.1. The van der Waals surface area contributed by atoms with Crippen molar-refractivity contribution in [1.82, 2.24) is 9.88 Å². The van der Waals surface area contributed by atoms with Crippen LogP contribution in [0.4, 0.5) is 5.82 Å². The van der Waals surface area contributed by atoms with E-state index in [4.69, 9.17) is 33.1 Å². The van der Waals surface area contributed by atoms with Gasteiger partial charge in [-0.05, 0) is 48.5 Å². The van der Waals surface area contributed by atoms with Crippen molar-refractivity contribution in [3.05, 3.63) is 71.7 Å². The van der Waals surface area contributed by atoms with Crippen LogP contribution in [0.15, 0.2) is 59.2 Å². The lowest BCUT2D eigenvalue weighted by Gasteiger charge is -2.31. The Balaban J connectivity index is 1.44. The quantitative estimate of drug-likeness (QED) is 0.331. The number of pyridine rings is 1. The van der Waals surface area contributed by atoms with E-state index in [1.54, 1.807) is 43.6 Å². The Hall–Kier alpha value is -4.44. The van der Waals surface area contributed by atoms with E-state index >= 15 is 0 Å². The van der Waals surface area contributed by atoms with Crippen LogP contribution in [0.3, 0.4) is 0 Å². The summed E-state index contributed by atoms with van der Waals surface area (Å²) in [5, 5.41) is 0.803. The van der Waals surface area contributed by atoms with E-state index in [0.29, 0.717) is 66.1 Å². The van der Waals surface area contributed by atoms with Gasteiger partial charge in [-0.15, -0.1) is 0 Å². The molecule has 1 saturated heterocycles. The van der Waals surface area contributed by atoms with Crippen LogP contribution in [-0.4, -0.2) is 63.1 Å². The van der Waals surface area contributed by atoms with Crippen molar-refractivity contribution >= 4 is 22.6 Å². The van der Waals surface area contributed by atoms with Crippen molar-refractivity contribution in [2.24, 2.45) is 0 Å². The molecule has 10 heteroatoms. The highest BCUT2D eigenvalue weighted by Gasteiger charge is 2.26. The summed E-state index contributed by atoms with van der Waals surface area (Å²) >= 11 is 0. The van der Waals surface area contributed by atoms with Gasteiger partial charge in [0.05, 0.1) is 46.8 Å². The highest BCUT2D eigenvalue weighted by molar-refractivity contribution is 5.95. The molecule has 6 rings (SSSR count). The lowest BCUT2D eigenvalue weighted by molar-refractivity contribution is 0.0717. The zero-order chi connectivity index (χ0) is 26.8. The summed E-state index contributed by atoms with van der Waals surface area (Å²) in [6.07, 6.45) is 1.60. The van der Waals surface area contributed by atoms with E-state index in [9.17, 15) is 4.79 Å². The number of nitrogens with zero attached hydrogens (tertiary/aromatic N) is 3. The third-order valence-corrected chi connectivity index (χ3v) is 6.91. The maximum Gasteiger partial charge on any atom is 0.254 e. The van der Waals surface area contributed by atoms with Crippen LogP contribution in [-0.2, 0) is 17.8 Å². The summed E-state index contributed by atoms with van der Waals surface area (Å²) < 4.78 is 33.5. The van der Waals surface area contributed by atoms with E-state index in [-0.39, 0.29) is 25.8 Å². The molecular weight excluding hydrogens is 502 g/mol. The van der Waals surface area contributed by atoms with E-state index in [1.165, 1.54) is 0 Å². The normalized spacial score (nSPS) is 14.5.